The molecule has 0 aliphatic heterocycles. The number of anilines is 1. The normalized spacial score (nSPS) is 8.45. The van der Waals surface area contributed by atoms with Gasteiger partial charge in [0.05, 0.1) is 0 Å². The van der Waals surface area contributed by atoms with Crippen molar-refractivity contribution in [1.29, 1.82) is 5.26 Å². The molecular formula is C15H14GeN2O4. The van der Waals surface area contributed by atoms with Gasteiger partial charge in [0.15, 0.2) is 0 Å². The van der Waals surface area contributed by atoms with Gasteiger partial charge in [-0.1, -0.05) is 0 Å². The zero-order valence-electron chi connectivity index (χ0n) is 11.8. The monoisotopic (exact) mass is 360 g/mol. The van der Waals surface area contributed by atoms with Gasteiger partial charge in [0.2, 0.25) is 0 Å². The van der Waals surface area contributed by atoms with E-state index >= 15 is 0 Å². The van der Waals surface area contributed by atoms with E-state index in [2.05, 4.69) is 0 Å². The maximum absolute atomic E-state index is 12.3. The number of amides is 1. The number of carbonyl (C=O) groups excluding carboxylic acids is 1. The minimum Gasteiger partial charge on any atom is -0.870 e. The van der Waals surface area contributed by atoms with Crippen LogP contribution in [0, 0.1) is 11.3 Å². The van der Waals surface area contributed by atoms with E-state index in [1.54, 1.807) is 36.2 Å². The molecule has 3 N–H and O–H groups in total. The van der Waals surface area contributed by atoms with E-state index in [0.29, 0.717) is 11.1 Å². The standard InChI is InChI=1S/C15H11GeN2O.3H2O/c1-18(14-8-6-13(16)7-9-14)15(19)12-4-2-11(10-17)3-5-12;;;/h2-9H,1H3;3*1H2/q+3;;;/p-3. The van der Waals surface area contributed by atoms with Gasteiger partial charge in [-0.15, -0.1) is 0 Å². The predicted octanol–water partition coefficient (Wildman–Crippen LogP) is 1.10. The maximum Gasteiger partial charge on any atom is -0.870 e. The van der Waals surface area contributed by atoms with Crippen LogP contribution in [0.15, 0.2) is 48.5 Å². The molecule has 2 rings (SSSR count). The van der Waals surface area contributed by atoms with Crippen LogP contribution in [0.4, 0.5) is 5.69 Å². The number of hydrogen-bond acceptors (Lipinski definition) is 5. The summed E-state index contributed by atoms with van der Waals surface area (Å²) in [6.07, 6.45) is 0. The van der Waals surface area contributed by atoms with E-state index in [4.69, 9.17) is 5.26 Å². The van der Waals surface area contributed by atoms with Gasteiger partial charge < -0.3 is 16.4 Å². The molecule has 0 atom stereocenters. The molecule has 0 spiro atoms. The van der Waals surface area contributed by atoms with Crippen LogP contribution < -0.4 is 9.30 Å². The molecule has 0 bridgehead atoms. The fraction of sp³-hybridized carbons (Fsp3) is 0.0667. The fourth-order valence-corrected chi connectivity index (χ4v) is 2.03. The molecule has 0 aromatic heterocycles. The Morgan fingerprint density at radius 3 is 1.95 bits per heavy atom. The Morgan fingerprint density at radius 1 is 1.00 bits per heavy atom. The van der Waals surface area contributed by atoms with Gasteiger partial charge in [0, 0.05) is 0 Å². The number of hydrogen-bond donors (Lipinski definition) is 0. The van der Waals surface area contributed by atoms with E-state index in [0.717, 1.165) is 10.1 Å². The second-order valence-electron chi connectivity index (χ2n) is 4.10. The Kier molecular flexibility index (Phi) is 9.75. The quantitative estimate of drug-likeness (QED) is 0.740. The van der Waals surface area contributed by atoms with Gasteiger partial charge in [-0.25, -0.2) is 0 Å². The molecule has 0 heterocycles. The molecule has 0 fully saturated rings. The van der Waals surface area contributed by atoms with Gasteiger partial charge in [0.25, 0.3) is 0 Å². The first-order valence-corrected chi connectivity index (χ1v) is 6.76. The average molecular weight is 359 g/mol. The summed E-state index contributed by atoms with van der Waals surface area (Å²) in [5, 5.41) is 8.73. The zero-order chi connectivity index (χ0) is 13.8. The largest absolute Gasteiger partial charge is 0.870 e. The van der Waals surface area contributed by atoms with Crippen molar-refractivity contribution in [3.8, 4) is 6.07 Å². The topological polar surface area (TPSA) is 134 Å². The maximum atomic E-state index is 12.3. The van der Waals surface area contributed by atoms with Crippen molar-refractivity contribution < 1.29 is 21.2 Å². The van der Waals surface area contributed by atoms with E-state index in [-0.39, 0.29) is 22.3 Å². The molecule has 112 valence electrons. The van der Waals surface area contributed by atoms with Crippen LogP contribution in [0.2, 0.25) is 0 Å². The molecule has 0 unspecified atom stereocenters. The molecule has 0 aliphatic rings. The third kappa shape index (κ3) is 4.98. The third-order valence-corrected chi connectivity index (χ3v) is 3.52. The Labute approximate surface area is 137 Å². The number of rotatable bonds is 2. The van der Waals surface area contributed by atoms with Crippen molar-refractivity contribution in [3.05, 3.63) is 59.7 Å². The molecule has 0 saturated carbocycles. The third-order valence-electron chi connectivity index (χ3n) is 2.82. The van der Waals surface area contributed by atoms with E-state index in [9.17, 15) is 4.79 Å². The van der Waals surface area contributed by atoms with Gasteiger partial charge in [-0.3, -0.25) is 0 Å². The van der Waals surface area contributed by atoms with Crippen LogP contribution >= 0.6 is 0 Å². The van der Waals surface area contributed by atoms with Crippen LogP contribution in [0.1, 0.15) is 15.9 Å². The van der Waals surface area contributed by atoms with Crippen molar-refractivity contribution in [1.82, 2.24) is 0 Å². The summed E-state index contributed by atoms with van der Waals surface area (Å²) in [6, 6.07) is 16.4. The molecule has 2 aromatic rings. The molecule has 6 nitrogen and oxygen atoms in total. The predicted molar refractivity (Wildman–Crippen MR) is 81.5 cm³/mol. The molecule has 0 aliphatic carbocycles. The minimum absolute atomic E-state index is 0. The van der Waals surface area contributed by atoms with Gasteiger partial charge in [-0.05, 0) is 0 Å². The van der Waals surface area contributed by atoms with Crippen LogP contribution in [0.5, 0.6) is 0 Å². The van der Waals surface area contributed by atoms with Gasteiger partial charge >= 0.3 is 120 Å². The Bertz CT molecular complexity index is 636. The summed E-state index contributed by atoms with van der Waals surface area (Å²) in [6.45, 7) is 0. The van der Waals surface area contributed by atoms with Crippen LogP contribution in [0.25, 0.3) is 0 Å². The summed E-state index contributed by atoms with van der Waals surface area (Å²) in [4.78, 5) is 13.9. The van der Waals surface area contributed by atoms with Crippen molar-refractivity contribution in [2.24, 2.45) is 0 Å². The van der Waals surface area contributed by atoms with Crippen molar-refractivity contribution >= 4 is 32.5 Å². The van der Waals surface area contributed by atoms with Gasteiger partial charge in [0.1, 0.15) is 0 Å². The smallest absolute Gasteiger partial charge is 0.870 e. The first kappa shape index (κ1) is 22.1. The Morgan fingerprint density at radius 2 is 1.50 bits per heavy atom. The van der Waals surface area contributed by atoms with E-state index < -0.39 is 0 Å². The zero-order valence-corrected chi connectivity index (χ0v) is 13.9. The summed E-state index contributed by atoms with van der Waals surface area (Å²) in [5.41, 5.74) is 1.97. The average Bonchev–Trinajstić information content (AvgIpc) is 2.46. The number of benzene rings is 2. The molecule has 2 aromatic carbocycles. The van der Waals surface area contributed by atoms with Crippen LogP contribution in [-0.2, 0) is 0 Å². The molecule has 0 radical (unpaired) electrons. The van der Waals surface area contributed by atoms with Crippen molar-refractivity contribution in [2.45, 2.75) is 0 Å². The molecular weight excluding hydrogens is 345 g/mol. The summed E-state index contributed by atoms with van der Waals surface area (Å²) >= 11 is 2.01. The van der Waals surface area contributed by atoms with E-state index in [1.165, 1.54) is 0 Å². The molecule has 7 heteroatoms. The summed E-state index contributed by atoms with van der Waals surface area (Å²) in [5.74, 6) is -0.0895. The van der Waals surface area contributed by atoms with E-state index in [1.807, 2.05) is 46.8 Å². The van der Waals surface area contributed by atoms with Gasteiger partial charge in [-0.2, -0.15) is 0 Å². The molecule has 0 saturated heterocycles. The Balaban J connectivity index is 0. The number of carbonyl (C=O) groups is 1. The second kappa shape index (κ2) is 9.70. The first-order chi connectivity index (χ1) is 9.11. The van der Waals surface area contributed by atoms with Crippen LogP contribution in [0.3, 0.4) is 0 Å². The van der Waals surface area contributed by atoms with Crippen LogP contribution in [-0.4, -0.2) is 45.9 Å². The summed E-state index contributed by atoms with van der Waals surface area (Å²) in [7, 11) is 1.74. The summed E-state index contributed by atoms with van der Waals surface area (Å²) < 4.78 is 1.16. The number of nitrogens with zero attached hydrogens (tertiary/aromatic N) is 2. The SMILES string of the molecule is CN(C(=O)c1ccc(C#N)cc1)c1cc[c]([Ge+3])cc1.[OH-].[OH-].[OH-]. The van der Waals surface area contributed by atoms with Crippen molar-refractivity contribution in [2.75, 3.05) is 11.9 Å². The van der Waals surface area contributed by atoms with Crippen molar-refractivity contribution in [3.63, 3.8) is 0 Å². The number of nitriles is 1. The first-order valence-electron chi connectivity index (χ1n) is 5.71. The molecule has 22 heavy (non-hydrogen) atoms. The fourth-order valence-electron chi connectivity index (χ4n) is 1.68. The minimum atomic E-state index is -0.0895. The second-order valence-corrected chi connectivity index (χ2v) is 5.31. The molecule has 1 amide bonds. The Hall–Kier alpha value is -2.18.